The van der Waals surface area contributed by atoms with E-state index in [9.17, 15) is 0 Å². The molecule has 0 spiro atoms. The van der Waals surface area contributed by atoms with E-state index in [0.717, 1.165) is 11.3 Å². The number of nitrogens with two attached hydrogens (primary N) is 1. The summed E-state index contributed by atoms with van der Waals surface area (Å²) in [5.74, 6) is 0.391. The second kappa shape index (κ2) is 7.22. The molecule has 3 aliphatic rings. The maximum Gasteiger partial charge on any atom is 0.498 e. The van der Waals surface area contributed by atoms with Crippen LogP contribution in [-0.2, 0) is 18.8 Å². The van der Waals surface area contributed by atoms with Crippen molar-refractivity contribution in [1.29, 1.82) is 0 Å². The van der Waals surface area contributed by atoms with Crippen LogP contribution in [0, 0.1) is 0 Å². The smallest absolute Gasteiger partial charge is 0.399 e. The van der Waals surface area contributed by atoms with Crippen LogP contribution in [0.5, 0.6) is 0 Å². The largest absolute Gasteiger partial charge is 0.498 e. The Kier molecular flexibility index (Phi) is 5.03. The molecule has 8 nitrogen and oxygen atoms in total. The minimum Gasteiger partial charge on any atom is -0.399 e. The van der Waals surface area contributed by atoms with Crippen LogP contribution in [0.25, 0.3) is 0 Å². The van der Waals surface area contributed by atoms with Crippen molar-refractivity contribution in [3.63, 3.8) is 0 Å². The van der Waals surface area contributed by atoms with Gasteiger partial charge in [-0.15, -0.1) is 0 Å². The van der Waals surface area contributed by atoms with E-state index in [-0.39, 0.29) is 12.3 Å². The first kappa shape index (κ1) is 19.5. The molecule has 0 aromatic carbocycles. The number of anilines is 1. The number of hydrogen-bond acceptors (Lipinski definition) is 8. The Hall–Kier alpha value is -1.81. The Morgan fingerprint density at radius 3 is 2.61 bits per heavy atom. The van der Waals surface area contributed by atoms with Crippen molar-refractivity contribution in [3.8, 4) is 0 Å². The van der Waals surface area contributed by atoms with Crippen LogP contribution in [0.3, 0.4) is 0 Å². The van der Waals surface area contributed by atoms with Gasteiger partial charge >= 0.3 is 7.12 Å². The van der Waals surface area contributed by atoms with Gasteiger partial charge < -0.3 is 24.5 Å². The molecule has 0 radical (unpaired) electrons. The van der Waals surface area contributed by atoms with Crippen molar-refractivity contribution >= 4 is 30.3 Å². The normalized spacial score (nSPS) is 28.6. The zero-order valence-electron chi connectivity index (χ0n) is 16.8. The highest BCUT2D eigenvalue weighted by atomic mass is 16.7. The summed E-state index contributed by atoms with van der Waals surface area (Å²) in [6, 6.07) is 1.93. The van der Waals surface area contributed by atoms with Gasteiger partial charge in [0.25, 0.3) is 0 Å². The number of pyridine rings is 1. The van der Waals surface area contributed by atoms with Crippen molar-refractivity contribution < 1.29 is 18.8 Å². The molecule has 2 N–H and O–H groups in total. The van der Waals surface area contributed by atoms with Crippen molar-refractivity contribution in [1.82, 2.24) is 4.98 Å². The van der Waals surface area contributed by atoms with Gasteiger partial charge in [0.05, 0.1) is 42.8 Å². The standard InChI is InChI=1S/C19H27BN4O4/c1-18(2)19(3,4)28-20(27-18)14-7-12(9-23-17(14)21)15-10-22-16(24-15)8-13-11-25-5-6-26-13/h7,9-10,13,16H,5-6,8,11H2,1-4H3,(H2,21,23)/t13-,16?/m0/s1. The molecular formula is C19H27BN4O4. The first-order valence-electron chi connectivity index (χ1n) is 9.67. The van der Waals surface area contributed by atoms with Crippen molar-refractivity contribution in [3.05, 3.63) is 17.8 Å². The lowest BCUT2D eigenvalue weighted by atomic mass is 9.78. The summed E-state index contributed by atoms with van der Waals surface area (Å²) in [6.45, 7) is 9.90. The molecule has 150 valence electrons. The van der Waals surface area contributed by atoms with Gasteiger partial charge in [0.15, 0.2) is 0 Å². The SMILES string of the molecule is CC1(C)OB(c2cc(C3=NC(C[C@H]4COCCO4)N=C3)cnc2N)OC1(C)C. The Balaban J connectivity index is 1.51. The number of aliphatic imine (C=N–C) groups is 2. The predicted molar refractivity (Wildman–Crippen MR) is 108 cm³/mol. The monoisotopic (exact) mass is 386 g/mol. The van der Waals surface area contributed by atoms with Crippen molar-refractivity contribution in [2.24, 2.45) is 9.98 Å². The molecule has 4 heterocycles. The average molecular weight is 386 g/mol. The summed E-state index contributed by atoms with van der Waals surface area (Å²) in [5, 5.41) is 0. The van der Waals surface area contributed by atoms with Gasteiger partial charge in [-0.25, -0.2) is 4.98 Å². The van der Waals surface area contributed by atoms with Crippen molar-refractivity contribution in [2.75, 3.05) is 25.6 Å². The van der Waals surface area contributed by atoms with E-state index in [4.69, 9.17) is 29.5 Å². The molecule has 0 bridgehead atoms. The fraction of sp³-hybridized carbons (Fsp3) is 0.632. The van der Waals surface area contributed by atoms with Crippen LogP contribution in [0.1, 0.15) is 39.7 Å². The lowest BCUT2D eigenvalue weighted by Gasteiger charge is -2.32. The second-order valence-electron chi connectivity index (χ2n) is 8.36. The molecule has 2 fully saturated rings. The van der Waals surface area contributed by atoms with E-state index >= 15 is 0 Å². The zero-order valence-corrected chi connectivity index (χ0v) is 16.8. The molecule has 9 heteroatoms. The summed E-state index contributed by atoms with van der Waals surface area (Å²) in [5.41, 5.74) is 7.55. The van der Waals surface area contributed by atoms with Crippen LogP contribution in [-0.4, -0.2) is 67.3 Å². The molecule has 2 atom stereocenters. The molecule has 0 aliphatic carbocycles. The first-order chi connectivity index (χ1) is 13.2. The van der Waals surface area contributed by atoms with E-state index in [1.165, 1.54) is 0 Å². The molecule has 1 aromatic rings. The maximum atomic E-state index is 6.12. The van der Waals surface area contributed by atoms with E-state index in [1.807, 2.05) is 33.8 Å². The second-order valence-corrected chi connectivity index (χ2v) is 8.36. The Morgan fingerprint density at radius 1 is 1.18 bits per heavy atom. The maximum absolute atomic E-state index is 6.12. The first-order valence-corrected chi connectivity index (χ1v) is 9.67. The van der Waals surface area contributed by atoms with Gasteiger partial charge in [0.2, 0.25) is 0 Å². The molecule has 2 saturated heterocycles. The molecule has 4 rings (SSSR count). The Bertz CT molecular complexity index is 789. The Morgan fingerprint density at radius 2 is 1.93 bits per heavy atom. The van der Waals surface area contributed by atoms with E-state index in [0.29, 0.717) is 37.5 Å². The third-order valence-corrected chi connectivity index (χ3v) is 5.77. The van der Waals surface area contributed by atoms with E-state index in [2.05, 4.69) is 9.98 Å². The minimum absolute atomic E-state index is 0.0313. The lowest BCUT2D eigenvalue weighted by Crippen LogP contribution is -2.41. The van der Waals surface area contributed by atoms with E-state index in [1.54, 1.807) is 12.4 Å². The highest BCUT2D eigenvalue weighted by Crippen LogP contribution is 2.36. The van der Waals surface area contributed by atoms with Crippen molar-refractivity contribution in [2.45, 2.75) is 57.6 Å². The van der Waals surface area contributed by atoms with Crippen LogP contribution >= 0.6 is 0 Å². The van der Waals surface area contributed by atoms with Crippen LogP contribution in [0.4, 0.5) is 5.82 Å². The highest BCUT2D eigenvalue weighted by Gasteiger charge is 2.52. The van der Waals surface area contributed by atoms with Crippen LogP contribution < -0.4 is 11.2 Å². The fourth-order valence-corrected chi connectivity index (χ4v) is 3.35. The molecule has 1 unspecified atom stereocenters. The van der Waals surface area contributed by atoms with Gasteiger partial charge in [-0.2, -0.15) is 0 Å². The molecule has 3 aliphatic heterocycles. The summed E-state index contributed by atoms with van der Waals surface area (Å²) >= 11 is 0. The van der Waals surface area contributed by atoms with Gasteiger partial charge in [-0.1, -0.05) is 0 Å². The fourth-order valence-electron chi connectivity index (χ4n) is 3.35. The van der Waals surface area contributed by atoms with Gasteiger partial charge in [-0.05, 0) is 33.8 Å². The molecule has 0 saturated carbocycles. The summed E-state index contributed by atoms with van der Waals surface area (Å²) in [4.78, 5) is 13.5. The molecule has 0 amide bonds. The number of rotatable bonds is 4. The average Bonchev–Trinajstić information content (AvgIpc) is 3.18. The third-order valence-electron chi connectivity index (χ3n) is 5.77. The zero-order chi connectivity index (χ0) is 19.9. The number of aromatic nitrogens is 1. The quantitative estimate of drug-likeness (QED) is 0.774. The Labute approximate surface area is 165 Å². The van der Waals surface area contributed by atoms with Gasteiger partial charge in [0, 0.05) is 29.9 Å². The summed E-state index contributed by atoms with van der Waals surface area (Å²) in [6.07, 6.45) is 4.04. The topological polar surface area (TPSA) is 101 Å². The number of ether oxygens (including phenoxy) is 2. The number of hydrogen-bond donors (Lipinski definition) is 1. The summed E-state index contributed by atoms with van der Waals surface area (Å²) < 4.78 is 23.4. The van der Waals surface area contributed by atoms with Gasteiger partial charge in [-0.3, -0.25) is 9.98 Å². The third kappa shape index (κ3) is 3.71. The summed E-state index contributed by atoms with van der Waals surface area (Å²) in [7, 11) is -0.569. The highest BCUT2D eigenvalue weighted by molar-refractivity contribution is 6.64. The van der Waals surface area contributed by atoms with Crippen LogP contribution in [0.15, 0.2) is 22.2 Å². The van der Waals surface area contributed by atoms with E-state index < -0.39 is 18.3 Å². The molecular weight excluding hydrogens is 359 g/mol. The minimum atomic E-state index is -0.569. The van der Waals surface area contributed by atoms with Crippen LogP contribution in [0.2, 0.25) is 0 Å². The molecule has 28 heavy (non-hydrogen) atoms. The van der Waals surface area contributed by atoms with Gasteiger partial charge in [0.1, 0.15) is 12.0 Å². The number of nitrogens with zero attached hydrogens (tertiary/aromatic N) is 3. The lowest BCUT2D eigenvalue weighted by molar-refractivity contribution is -0.0921. The molecule has 1 aromatic heterocycles. The predicted octanol–water partition coefficient (Wildman–Crippen LogP) is 0.968. The number of nitrogen functional groups attached to an aromatic ring is 1.